The second-order valence-electron chi connectivity index (χ2n) is 4.52. The first-order chi connectivity index (χ1) is 10.2. The lowest BCUT2D eigenvalue weighted by atomic mass is 10.2. The predicted molar refractivity (Wildman–Crippen MR) is 81.1 cm³/mol. The van der Waals surface area contributed by atoms with Crippen molar-refractivity contribution in [2.75, 3.05) is 11.9 Å². The summed E-state index contributed by atoms with van der Waals surface area (Å²) in [6, 6.07) is 14.5. The van der Waals surface area contributed by atoms with Crippen LogP contribution in [0.5, 0.6) is 5.75 Å². The maximum atomic E-state index is 11.8. The molecule has 0 spiro atoms. The molecule has 0 bridgehead atoms. The number of carbonyl (C=O) groups is 1. The Hall–Kier alpha value is -2.82. The van der Waals surface area contributed by atoms with Crippen LogP contribution < -0.4 is 10.1 Å². The van der Waals surface area contributed by atoms with Crippen LogP contribution in [0, 0.1) is 6.92 Å². The second kappa shape index (κ2) is 7.09. The number of nitrogens with zero attached hydrogens (tertiary/aromatic N) is 1. The van der Waals surface area contributed by atoms with E-state index in [2.05, 4.69) is 10.5 Å². The smallest absolute Gasteiger partial charge is 0.262 e. The Kier molecular flexibility index (Phi) is 4.93. The topological polar surface area (TPSA) is 70.9 Å². The van der Waals surface area contributed by atoms with Crippen molar-refractivity contribution in [1.82, 2.24) is 0 Å². The molecule has 0 saturated carbocycles. The van der Waals surface area contributed by atoms with E-state index in [-0.39, 0.29) is 12.5 Å². The molecule has 0 radical (unpaired) electrons. The molecule has 0 heterocycles. The fraction of sp³-hybridized carbons (Fsp3) is 0.125. The molecule has 1 amide bonds. The summed E-state index contributed by atoms with van der Waals surface area (Å²) in [5.74, 6) is 0.298. The standard InChI is InChI=1S/C16H16N2O3/c1-12-5-7-14(8-6-12)18-16(19)11-21-15-4-2-3-13(9-15)10-17-20/h2-10,20H,11H2,1H3,(H,18,19)/b17-10+. The summed E-state index contributed by atoms with van der Waals surface area (Å²) in [5, 5.41) is 14.2. The van der Waals surface area contributed by atoms with Gasteiger partial charge in [0.1, 0.15) is 5.75 Å². The molecule has 108 valence electrons. The monoisotopic (exact) mass is 284 g/mol. The van der Waals surface area contributed by atoms with Gasteiger partial charge in [-0.3, -0.25) is 4.79 Å². The fourth-order valence-electron chi connectivity index (χ4n) is 1.73. The van der Waals surface area contributed by atoms with Crippen molar-refractivity contribution in [2.45, 2.75) is 6.92 Å². The van der Waals surface area contributed by atoms with E-state index in [1.165, 1.54) is 6.21 Å². The zero-order valence-electron chi connectivity index (χ0n) is 11.6. The van der Waals surface area contributed by atoms with Gasteiger partial charge in [0.25, 0.3) is 5.91 Å². The van der Waals surface area contributed by atoms with Gasteiger partial charge in [-0.2, -0.15) is 0 Å². The number of hydrogen-bond acceptors (Lipinski definition) is 4. The molecule has 2 aromatic carbocycles. The van der Waals surface area contributed by atoms with Crippen LogP contribution in [0.2, 0.25) is 0 Å². The molecular formula is C16H16N2O3. The van der Waals surface area contributed by atoms with Gasteiger partial charge < -0.3 is 15.3 Å². The van der Waals surface area contributed by atoms with Gasteiger partial charge in [-0.05, 0) is 36.8 Å². The number of benzene rings is 2. The lowest BCUT2D eigenvalue weighted by molar-refractivity contribution is -0.118. The molecule has 0 saturated heterocycles. The average molecular weight is 284 g/mol. The van der Waals surface area contributed by atoms with Gasteiger partial charge in [0.05, 0.1) is 6.21 Å². The SMILES string of the molecule is Cc1ccc(NC(=O)COc2cccc(/C=N/O)c2)cc1. The number of hydrogen-bond donors (Lipinski definition) is 2. The van der Waals surface area contributed by atoms with Crippen molar-refractivity contribution >= 4 is 17.8 Å². The van der Waals surface area contributed by atoms with Gasteiger partial charge in [0, 0.05) is 5.69 Å². The van der Waals surface area contributed by atoms with E-state index in [1.54, 1.807) is 24.3 Å². The molecule has 21 heavy (non-hydrogen) atoms. The Morgan fingerprint density at radius 2 is 2.05 bits per heavy atom. The highest BCUT2D eigenvalue weighted by atomic mass is 16.5. The first-order valence-corrected chi connectivity index (χ1v) is 6.44. The molecule has 0 atom stereocenters. The van der Waals surface area contributed by atoms with Crippen molar-refractivity contribution in [3.8, 4) is 5.75 Å². The molecule has 0 aliphatic rings. The fourth-order valence-corrected chi connectivity index (χ4v) is 1.73. The largest absolute Gasteiger partial charge is 0.484 e. The molecule has 0 aliphatic heterocycles. The second-order valence-corrected chi connectivity index (χ2v) is 4.52. The van der Waals surface area contributed by atoms with Crippen molar-refractivity contribution < 1.29 is 14.7 Å². The lowest BCUT2D eigenvalue weighted by Gasteiger charge is -2.08. The third kappa shape index (κ3) is 4.65. The molecule has 0 aromatic heterocycles. The van der Waals surface area contributed by atoms with Gasteiger partial charge in [0.2, 0.25) is 0 Å². The minimum absolute atomic E-state index is 0.0897. The normalized spacial score (nSPS) is 10.5. The maximum Gasteiger partial charge on any atom is 0.262 e. The molecule has 2 N–H and O–H groups in total. The third-order valence-electron chi connectivity index (χ3n) is 2.77. The van der Waals surface area contributed by atoms with Crippen LogP contribution in [0.15, 0.2) is 53.7 Å². The van der Waals surface area contributed by atoms with E-state index < -0.39 is 0 Å². The van der Waals surface area contributed by atoms with Crippen LogP contribution in [0.4, 0.5) is 5.69 Å². The van der Waals surface area contributed by atoms with Crippen LogP contribution >= 0.6 is 0 Å². The number of rotatable bonds is 5. The Labute approximate surface area is 122 Å². The van der Waals surface area contributed by atoms with Crippen LogP contribution in [-0.4, -0.2) is 23.9 Å². The number of anilines is 1. The Balaban J connectivity index is 1.89. The zero-order chi connectivity index (χ0) is 15.1. The van der Waals surface area contributed by atoms with E-state index in [0.717, 1.165) is 11.3 Å². The van der Waals surface area contributed by atoms with Crippen molar-refractivity contribution in [2.24, 2.45) is 5.16 Å². The highest BCUT2D eigenvalue weighted by Gasteiger charge is 2.04. The first-order valence-electron chi connectivity index (χ1n) is 6.44. The maximum absolute atomic E-state index is 11.8. The van der Waals surface area contributed by atoms with E-state index in [1.807, 2.05) is 31.2 Å². The van der Waals surface area contributed by atoms with Crippen LogP contribution in [0.25, 0.3) is 0 Å². The minimum atomic E-state index is -0.236. The molecule has 0 fully saturated rings. The summed E-state index contributed by atoms with van der Waals surface area (Å²) < 4.78 is 5.40. The zero-order valence-corrected chi connectivity index (χ0v) is 11.6. The van der Waals surface area contributed by atoms with Gasteiger partial charge in [0.15, 0.2) is 6.61 Å². The quantitative estimate of drug-likeness (QED) is 0.504. The number of ether oxygens (including phenoxy) is 1. The molecule has 0 unspecified atom stereocenters. The number of amides is 1. The predicted octanol–water partition coefficient (Wildman–Crippen LogP) is 2.82. The van der Waals surface area contributed by atoms with E-state index >= 15 is 0 Å². The van der Waals surface area contributed by atoms with Gasteiger partial charge in [-0.1, -0.05) is 35.0 Å². The van der Waals surface area contributed by atoms with Gasteiger partial charge in [-0.15, -0.1) is 0 Å². The molecule has 2 rings (SSSR count). The Morgan fingerprint density at radius 3 is 2.76 bits per heavy atom. The molecule has 5 heteroatoms. The van der Waals surface area contributed by atoms with Gasteiger partial charge in [-0.25, -0.2) is 0 Å². The molecular weight excluding hydrogens is 268 g/mol. The summed E-state index contributed by atoms with van der Waals surface area (Å²) in [6.07, 6.45) is 1.29. The van der Waals surface area contributed by atoms with Crippen molar-refractivity contribution in [3.63, 3.8) is 0 Å². The number of nitrogens with one attached hydrogen (secondary N) is 1. The summed E-state index contributed by atoms with van der Waals surface area (Å²) in [4.78, 5) is 11.8. The van der Waals surface area contributed by atoms with Crippen molar-refractivity contribution in [1.29, 1.82) is 0 Å². The van der Waals surface area contributed by atoms with Crippen molar-refractivity contribution in [3.05, 3.63) is 59.7 Å². The number of aryl methyl sites for hydroxylation is 1. The highest BCUT2D eigenvalue weighted by Crippen LogP contribution is 2.12. The number of carbonyl (C=O) groups excluding carboxylic acids is 1. The molecule has 5 nitrogen and oxygen atoms in total. The Morgan fingerprint density at radius 1 is 1.29 bits per heavy atom. The van der Waals surface area contributed by atoms with Crippen LogP contribution in [0.3, 0.4) is 0 Å². The Bertz CT molecular complexity index is 636. The summed E-state index contributed by atoms with van der Waals surface area (Å²) >= 11 is 0. The van der Waals surface area contributed by atoms with E-state index in [9.17, 15) is 4.79 Å². The van der Waals surface area contributed by atoms with E-state index in [0.29, 0.717) is 11.3 Å². The molecule has 0 aliphatic carbocycles. The van der Waals surface area contributed by atoms with Crippen LogP contribution in [0.1, 0.15) is 11.1 Å². The number of oxime groups is 1. The minimum Gasteiger partial charge on any atom is -0.484 e. The van der Waals surface area contributed by atoms with Crippen LogP contribution in [-0.2, 0) is 4.79 Å². The summed E-state index contributed by atoms with van der Waals surface area (Å²) in [6.45, 7) is 1.89. The third-order valence-corrected chi connectivity index (χ3v) is 2.77. The average Bonchev–Trinajstić information content (AvgIpc) is 2.48. The van der Waals surface area contributed by atoms with Gasteiger partial charge >= 0.3 is 0 Å². The molecule has 2 aromatic rings. The highest BCUT2D eigenvalue weighted by molar-refractivity contribution is 5.91. The lowest BCUT2D eigenvalue weighted by Crippen LogP contribution is -2.20. The van der Waals surface area contributed by atoms with E-state index in [4.69, 9.17) is 9.94 Å². The summed E-state index contributed by atoms with van der Waals surface area (Å²) in [5.41, 5.74) is 2.55. The summed E-state index contributed by atoms with van der Waals surface area (Å²) in [7, 11) is 0. The first kappa shape index (κ1) is 14.6.